The van der Waals surface area contributed by atoms with Gasteiger partial charge >= 0.3 is 5.97 Å². The molecule has 0 radical (unpaired) electrons. The van der Waals surface area contributed by atoms with Gasteiger partial charge in [-0.15, -0.1) is 0 Å². The van der Waals surface area contributed by atoms with Gasteiger partial charge in [-0.25, -0.2) is 4.79 Å². The Morgan fingerprint density at radius 3 is 2.70 bits per heavy atom. The average Bonchev–Trinajstić information content (AvgIpc) is 3.09. The number of hydrogen-bond donors (Lipinski definition) is 1. The molecular weight excluding hydrogens is 380 g/mol. The molecule has 0 saturated carbocycles. The summed E-state index contributed by atoms with van der Waals surface area (Å²) in [5, 5.41) is 9.08. The third-order valence-electron chi connectivity index (χ3n) is 5.10. The summed E-state index contributed by atoms with van der Waals surface area (Å²) in [6, 6.07) is 13.5. The molecule has 6 nitrogen and oxygen atoms in total. The zero-order valence-electron chi connectivity index (χ0n) is 16.6. The van der Waals surface area contributed by atoms with Gasteiger partial charge in [0, 0.05) is 55.2 Å². The third-order valence-corrected chi connectivity index (χ3v) is 5.10. The molecule has 0 bridgehead atoms. The molecule has 0 fully saturated rings. The molecule has 4 rings (SSSR count). The van der Waals surface area contributed by atoms with Gasteiger partial charge in [-0.2, -0.15) is 0 Å². The number of ether oxygens (including phenoxy) is 2. The lowest BCUT2D eigenvalue weighted by Crippen LogP contribution is -2.24. The Hall–Kier alpha value is -3.51. The highest BCUT2D eigenvalue weighted by Gasteiger charge is 2.23. The maximum Gasteiger partial charge on any atom is 0.333 e. The van der Waals surface area contributed by atoms with E-state index in [1.165, 1.54) is 7.11 Å². The number of carboxylic acids is 1. The Kier molecular flexibility index (Phi) is 5.86. The van der Waals surface area contributed by atoms with Gasteiger partial charge in [-0.1, -0.05) is 24.3 Å². The summed E-state index contributed by atoms with van der Waals surface area (Å²) in [6.07, 6.45) is 7.84. The van der Waals surface area contributed by atoms with Crippen LogP contribution in [0.4, 0.5) is 0 Å². The SMILES string of the molecule is COC(Cc1ccc(OCC/C=C2/c3cnccc3-c3cccnc32)cc1)C(=O)O. The summed E-state index contributed by atoms with van der Waals surface area (Å²) in [6.45, 7) is 0.524. The van der Waals surface area contributed by atoms with Gasteiger partial charge < -0.3 is 14.6 Å². The zero-order valence-corrected chi connectivity index (χ0v) is 16.6. The number of benzene rings is 1. The topological polar surface area (TPSA) is 81.5 Å². The fourth-order valence-corrected chi connectivity index (χ4v) is 3.60. The molecule has 1 aliphatic rings. The van der Waals surface area contributed by atoms with E-state index in [2.05, 4.69) is 22.1 Å². The summed E-state index contributed by atoms with van der Waals surface area (Å²) in [7, 11) is 1.40. The summed E-state index contributed by atoms with van der Waals surface area (Å²) in [4.78, 5) is 19.9. The molecule has 1 aromatic carbocycles. The van der Waals surface area contributed by atoms with Crippen molar-refractivity contribution in [3.05, 3.63) is 84.0 Å². The van der Waals surface area contributed by atoms with Crippen molar-refractivity contribution in [2.45, 2.75) is 18.9 Å². The number of carboxylic acid groups (broad SMARTS) is 1. The van der Waals surface area contributed by atoms with Gasteiger partial charge in [0.2, 0.25) is 0 Å². The predicted octanol–water partition coefficient (Wildman–Crippen LogP) is 4.00. The van der Waals surface area contributed by atoms with Crippen LogP contribution in [0.2, 0.25) is 0 Å². The fraction of sp³-hybridized carbons (Fsp3) is 0.208. The second-order valence-corrected chi connectivity index (χ2v) is 6.99. The molecule has 6 heteroatoms. The lowest BCUT2D eigenvalue weighted by atomic mass is 10.1. The van der Waals surface area contributed by atoms with Crippen LogP contribution >= 0.6 is 0 Å². The number of pyridine rings is 2. The Morgan fingerprint density at radius 2 is 1.93 bits per heavy atom. The molecule has 0 aliphatic heterocycles. The first kappa shape index (κ1) is 19.8. The number of hydrogen-bond acceptors (Lipinski definition) is 5. The summed E-state index contributed by atoms with van der Waals surface area (Å²) in [5.41, 5.74) is 6.35. The van der Waals surface area contributed by atoms with Crippen molar-refractivity contribution < 1.29 is 19.4 Å². The van der Waals surface area contributed by atoms with Crippen LogP contribution in [-0.2, 0) is 16.0 Å². The fourth-order valence-electron chi connectivity index (χ4n) is 3.60. The van der Waals surface area contributed by atoms with Crippen molar-refractivity contribution in [1.29, 1.82) is 0 Å². The molecular formula is C24H22N2O4. The van der Waals surface area contributed by atoms with E-state index in [0.29, 0.717) is 13.0 Å². The molecule has 3 aromatic rings. The van der Waals surface area contributed by atoms with E-state index in [0.717, 1.165) is 45.7 Å². The molecule has 1 N–H and O–H groups in total. The van der Waals surface area contributed by atoms with E-state index < -0.39 is 12.1 Å². The minimum Gasteiger partial charge on any atom is -0.493 e. The molecule has 2 aromatic heterocycles. The first-order valence-electron chi connectivity index (χ1n) is 9.75. The minimum absolute atomic E-state index is 0.318. The zero-order chi connectivity index (χ0) is 20.9. The van der Waals surface area contributed by atoms with Crippen LogP contribution in [0.25, 0.3) is 16.7 Å². The highest BCUT2D eigenvalue weighted by Crippen LogP contribution is 2.42. The Bertz CT molecular complexity index is 1030. The molecule has 152 valence electrons. The molecule has 2 heterocycles. The van der Waals surface area contributed by atoms with Crippen molar-refractivity contribution in [2.24, 2.45) is 0 Å². The van der Waals surface area contributed by atoms with Gasteiger partial charge in [0.1, 0.15) is 5.75 Å². The van der Waals surface area contributed by atoms with Crippen molar-refractivity contribution in [3.8, 4) is 16.9 Å². The van der Waals surface area contributed by atoms with E-state index in [9.17, 15) is 4.79 Å². The van der Waals surface area contributed by atoms with E-state index in [1.807, 2.05) is 48.8 Å². The van der Waals surface area contributed by atoms with Crippen LogP contribution in [0.15, 0.2) is 67.1 Å². The van der Waals surface area contributed by atoms with E-state index in [4.69, 9.17) is 14.6 Å². The lowest BCUT2D eigenvalue weighted by Gasteiger charge is -2.11. The molecule has 1 aliphatic carbocycles. The Morgan fingerprint density at radius 1 is 1.10 bits per heavy atom. The van der Waals surface area contributed by atoms with E-state index >= 15 is 0 Å². The molecule has 0 saturated heterocycles. The maximum absolute atomic E-state index is 11.1. The highest BCUT2D eigenvalue weighted by molar-refractivity contribution is 5.99. The number of carbonyl (C=O) groups is 1. The van der Waals surface area contributed by atoms with Crippen molar-refractivity contribution in [3.63, 3.8) is 0 Å². The summed E-state index contributed by atoms with van der Waals surface area (Å²) in [5.74, 6) is -0.223. The third kappa shape index (κ3) is 4.09. The minimum atomic E-state index is -0.967. The maximum atomic E-state index is 11.1. The number of methoxy groups -OCH3 is 1. The predicted molar refractivity (Wildman–Crippen MR) is 113 cm³/mol. The van der Waals surface area contributed by atoms with Crippen LogP contribution < -0.4 is 4.74 Å². The number of aliphatic carboxylic acids is 1. The second-order valence-electron chi connectivity index (χ2n) is 6.99. The molecule has 1 unspecified atom stereocenters. The van der Waals surface area contributed by atoms with Gasteiger partial charge in [0.15, 0.2) is 6.10 Å². The molecule has 30 heavy (non-hydrogen) atoms. The van der Waals surface area contributed by atoms with Gasteiger partial charge in [0.25, 0.3) is 0 Å². The monoisotopic (exact) mass is 402 g/mol. The van der Waals surface area contributed by atoms with Crippen molar-refractivity contribution in [1.82, 2.24) is 9.97 Å². The van der Waals surface area contributed by atoms with E-state index in [1.54, 1.807) is 6.20 Å². The lowest BCUT2D eigenvalue weighted by molar-refractivity contribution is -0.148. The van der Waals surface area contributed by atoms with Crippen LogP contribution in [0, 0.1) is 0 Å². The normalized spacial score (nSPS) is 14.2. The number of fused-ring (bicyclic) bond motifs is 3. The van der Waals surface area contributed by atoms with Crippen LogP contribution in [0.1, 0.15) is 23.2 Å². The van der Waals surface area contributed by atoms with Gasteiger partial charge in [0.05, 0.1) is 12.3 Å². The van der Waals surface area contributed by atoms with Crippen LogP contribution in [0.3, 0.4) is 0 Å². The molecule has 1 atom stereocenters. The highest BCUT2D eigenvalue weighted by atomic mass is 16.5. The van der Waals surface area contributed by atoms with Gasteiger partial charge in [-0.05, 0) is 35.4 Å². The van der Waals surface area contributed by atoms with Crippen molar-refractivity contribution in [2.75, 3.05) is 13.7 Å². The number of aromatic nitrogens is 2. The Labute approximate surface area is 174 Å². The number of nitrogens with zero attached hydrogens (tertiary/aromatic N) is 2. The number of rotatable bonds is 8. The largest absolute Gasteiger partial charge is 0.493 e. The summed E-state index contributed by atoms with van der Waals surface area (Å²) < 4.78 is 10.8. The Balaban J connectivity index is 1.38. The van der Waals surface area contributed by atoms with Crippen LogP contribution in [0.5, 0.6) is 5.75 Å². The van der Waals surface area contributed by atoms with E-state index in [-0.39, 0.29) is 0 Å². The standard InChI is InChI=1S/C24H22N2O4/c1-29-22(24(27)28)14-16-6-8-17(9-7-16)30-13-3-5-20-21-15-25-12-10-18(21)19-4-2-11-26-23(19)20/h2,4-12,15,22H,3,13-14H2,1H3,(H,27,28)/b20-5-. The molecule has 0 amide bonds. The summed E-state index contributed by atoms with van der Waals surface area (Å²) >= 11 is 0. The average molecular weight is 402 g/mol. The second kappa shape index (κ2) is 8.88. The van der Waals surface area contributed by atoms with Crippen molar-refractivity contribution >= 4 is 11.5 Å². The van der Waals surface area contributed by atoms with Crippen LogP contribution in [-0.4, -0.2) is 40.9 Å². The van der Waals surface area contributed by atoms with Gasteiger partial charge in [-0.3, -0.25) is 9.97 Å². The first-order chi connectivity index (χ1) is 14.7. The smallest absolute Gasteiger partial charge is 0.333 e. The first-order valence-corrected chi connectivity index (χ1v) is 9.75. The quantitative estimate of drug-likeness (QED) is 0.449. The molecule has 0 spiro atoms.